The van der Waals surface area contributed by atoms with Crippen LogP contribution in [0.1, 0.15) is 41.1 Å². The molecule has 2 aromatic rings. The Morgan fingerprint density at radius 2 is 2.04 bits per heavy atom. The molecular formula is C20H25N3O2S2. The summed E-state index contributed by atoms with van der Waals surface area (Å²) in [7, 11) is 0. The topological polar surface area (TPSA) is 75.4 Å². The van der Waals surface area contributed by atoms with Crippen molar-refractivity contribution in [3.8, 4) is 0 Å². The fraction of sp³-hybridized carbons (Fsp3) is 0.400. The third kappa shape index (κ3) is 4.91. The molecule has 1 aromatic carbocycles. The molecule has 0 saturated carbocycles. The predicted octanol–water partition coefficient (Wildman–Crippen LogP) is 3.73. The van der Waals surface area contributed by atoms with Crippen LogP contribution in [0.5, 0.6) is 0 Å². The van der Waals surface area contributed by atoms with Crippen LogP contribution in [-0.4, -0.2) is 35.1 Å². The highest BCUT2D eigenvalue weighted by Crippen LogP contribution is 2.37. The van der Waals surface area contributed by atoms with Gasteiger partial charge in [0, 0.05) is 41.1 Å². The Labute approximate surface area is 168 Å². The number of benzene rings is 1. The second-order valence-corrected chi connectivity index (χ2v) is 9.12. The maximum atomic E-state index is 12.4. The number of amides is 2. The number of anilines is 1. The lowest BCUT2D eigenvalue weighted by Crippen LogP contribution is -2.35. The van der Waals surface area contributed by atoms with Gasteiger partial charge in [0.1, 0.15) is 5.00 Å². The molecule has 0 unspecified atom stereocenters. The Morgan fingerprint density at radius 1 is 1.30 bits per heavy atom. The molecule has 27 heavy (non-hydrogen) atoms. The zero-order valence-electron chi connectivity index (χ0n) is 15.7. The molecule has 0 aliphatic carbocycles. The van der Waals surface area contributed by atoms with Gasteiger partial charge in [0.25, 0.3) is 5.91 Å². The smallest absolute Gasteiger partial charge is 0.251 e. The molecule has 7 heteroatoms. The Kier molecular flexibility index (Phi) is 6.57. The SMILES string of the molecule is CC(C)N1CCc2c(sc(NC(=O)CCSc3ccccc3)c2C(N)=O)C1. The van der Waals surface area contributed by atoms with Gasteiger partial charge in [-0.1, -0.05) is 18.2 Å². The average molecular weight is 404 g/mol. The summed E-state index contributed by atoms with van der Waals surface area (Å²) in [6, 6.07) is 10.4. The number of rotatable bonds is 7. The highest BCUT2D eigenvalue weighted by atomic mass is 32.2. The van der Waals surface area contributed by atoms with Crippen molar-refractivity contribution in [2.75, 3.05) is 17.6 Å². The maximum absolute atomic E-state index is 12.4. The van der Waals surface area contributed by atoms with E-state index >= 15 is 0 Å². The van der Waals surface area contributed by atoms with Gasteiger partial charge in [0.05, 0.1) is 5.56 Å². The standard InChI is InChI=1S/C20H25N3O2S2/c1-13(2)23-10-8-15-16(12-23)27-20(18(15)19(21)25)22-17(24)9-11-26-14-6-4-3-5-7-14/h3-7,13H,8-12H2,1-2H3,(H2,21,25)(H,22,24). The van der Waals surface area contributed by atoms with Crippen LogP contribution in [0.15, 0.2) is 35.2 Å². The fourth-order valence-corrected chi connectivity index (χ4v) is 5.35. The number of carbonyl (C=O) groups excluding carboxylic acids is 2. The van der Waals surface area contributed by atoms with Gasteiger partial charge in [-0.2, -0.15) is 0 Å². The minimum absolute atomic E-state index is 0.0831. The number of carbonyl (C=O) groups is 2. The monoisotopic (exact) mass is 403 g/mol. The van der Waals surface area contributed by atoms with Crippen molar-refractivity contribution in [3.05, 3.63) is 46.3 Å². The van der Waals surface area contributed by atoms with Gasteiger partial charge in [0.2, 0.25) is 5.91 Å². The van der Waals surface area contributed by atoms with Crippen molar-refractivity contribution in [3.63, 3.8) is 0 Å². The van der Waals surface area contributed by atoms with Crippen molar-refractivity contribution in [1.29, 1.82) is 0 Å². The minimum atomic E-state index is -0.459. The summed E-state index contributed by atoms with van der Waals surface area (Å²) in [5.41, 5.74) is 7.14. The van der Waals surface area contributed by atoms with E-state index in [9.17, 15) is 9.59 Å². The first-order chi connectivity index (χ1) is 13.0. The zero-order valence-corrected chi connectivity index (χ0v) is 17.3. The predicted molar refractivity (Wildman–Crippen MR) is 112 cm³/mol. The number of thioether (sulfide) groups is 1. The molecule has 3 N–H and O–H groups in total. The van der Waals surface area contributed by atoms with Crippen LogP contribution in [0.25, 0.3) is 0 Å². The van der Waals surface area contributed by atoms with Crippen molar-refractivity contribution in [1.82, 2.24) is 4.90 Å². The first kappa shape index (κ1) is 19.9. The van der Waals surface area contributed by atoms with Gasteiger partial charge in [-0.3, -0.25) is 14.5 Å². The Morgan fingerprint density at radius 3 is 2.70 bits per heavy atom. The van der Waals surface area contributed by atoms with Crippen LogP contribution < -0.4 is 11.1 Å². The van der Waals surface area contributed by atoms with E-state index < -0.39 is 5.91 Å². The number of nitrogens with one attached hydrogen (secondary N) is 1. The quantitative estimate of drug-likeness (QED) is 0.691. The van der Waals surface area contributed by atoms with Crippen molar-refractivity contribution in [2.24, 2.45) is 5.73 Å². The van der Waals surface area contributed by atoms with Gasteiger partial charge in [0.15, 0.2) is 0 Å². The summed E-state index contributed by atoms with van der Waals surface area (Å²) in [6.45, 7) is 6.04. The molecule has 0 fully saturated rings. The molecule has 5 nitrogen and oxygen atoms in total. The van der Waals surface area contributed by atoms with Crippen LogP contribution in [-0.2, 0) is 17.8 Å². The Hall–Kier alpha value is -1.83. The molecule has 1 aliphatic heterocycles. The third-order valence-electron chi connectivity index (χ3n) is 4.66. The molecule has 2 heterocycles. The number of hydrogen-bond acceptors (Lipinski definition) is 5. The second-order valence-electron chi connectivity index (χ2n) is 6.85. The molecule has 3 rings (SSSR count). The normalized spacial score (nSPS) is 14.2. The number of nitrogens with two attached hydrogens (primary N) is 1. The highest BCUT2D eigenvalue weighted by Gasteiger charge is 2.28. The van der Waals surface area contributed by atoms with Crippen LogP contribution in [0.4, 0.5) is 5.00 Å². The zero-order chi connectivity index (χ0) is 19.4. The van der Waals surface area contributed by atoms with Gasteiger partial charge < -0.3 is 11.1 Å². The van der Waals surface area contributed by atoms with Crippen molar-refractivity contribution in [2.45, 2.75) is 44.2 Å². The van der Waals surface area contributed by atoms with E-state index in [0.717, 1.165) is 34.8 Å². The van der Waals surface area contributed by atoms with E-state index in [0.29, 0.717) is 28.8 Å². The van der Waals surface area contributed by atoms with Gasteiger partial charge >= 0.3 is 0 Å². The summed E-state index contributed by atoms with van der Waals surface area (Å²) in [5, 5.41) is 3.53. The number of fused-ring (bicyclic) bond motifs is 1. The summed E-state index contributed by atoms with van der Waals surface area (Å²) in [4.78, 5) is 29.0. The molecule has 1 aromatic heterocycles. The molecule has 0 spiro atoms. The third-order valence-corrected chi connectivity index (χ3v) is 6.80. The summed E-state index contributed by atoms with van der Waals surface area (Å²) in [6.07, 6.45) is 1.18. The van der Waals surface area contributed by atoms with E-state index in [4.69, 9.17) is 5.73 Å². The minimum Gasteiger partial charge on any atom is -0.365 e. The average Bonchev–Trinajstić information content (AvgIpc) is 2.99. The lowest BCUT2D eigenvalue weighted by Gasteiger charge is -2.30. The van der Waals surface area contributed by atoms with E-state index in [1.807, 2.05) is 30.3 Å². The maximum Gasteiger partial charge on any atom is 0.251 e. The number of primary amides is 1. The number of thiophene rings is 1. The molecule has 0 radical (unpaired) electrons. The molecular weight excluding hydrogens is 378 g/mol. The fourth-order valence-electron chi connectivity index (χ4n) is 3.18. The summed E-state index contributed by atoms with van der Waals surface area (Å²) < 4.78 is 0. The van der Waals surface area contributed by atoms with Crippen LogP contribution in [0, 0.1) is 0 Å². The largest absolute Gasteiger partial charge is 0.365 e. The Balaban J connectivity index is 1.65. The van der Waals surface area contributed by atoms with Crippen molar-refractivity contribution >= 4 is 39.9 Å². The number of nitrogens with zero attached hydrogens (tertiary/aromatic N) is 1. The molecule has 0 atom stereocenters. The van der Waals surface area contributed by atoms with Gasteiger partial charge in [-0.15, -0.1) is 23.1 Å². The van der Waals surface area contributed by atoms with Gasteiger partial charge in [-0.25, -0.2) is 0 Å². The molecule has 144 valence electrons. The van der Waals surface area contributed by atoms with E-state index in [-0.39, 0.29) is 5.91 Å². The first-order valence-electron chi connectivity index (χ1n) is 9.11. The lowest BCUT2D eigenvalue weighted by atomic mass is 10.0. The van der Waals surface area contributed by atoms with Crippen LogP contribution in [0.3, 0.4) is 0 Å². The molecule has 0 saturated heterocycles. The van der Waals surface area contributed by atoms with E-state index in [1.54, 1.807) is 11.8 Å². The second kappa shape index (κ2) is 8.91. The van der Waals surface area contributed by atoms with Crippen LogP contribution in [0.2, 0.25) is 0 Å². The summed E-state index contributed by atoms with van der Waals surface area (Å²) >= 11 is 3.13. The first-order valence-corrected chi connectivity index (χ1v) is 10.9. The Bertz CT molecular complexity index is 818. The molecule has 2 amide bonds. The summed E-state index contributed by atoms with van der Waals surface area (Å²) in [5.74, 6) is 0.147. The van der Waals surface area contributed by atoms with E-state index in [2.05, 4.69) is 24.1 Å². The number of hydrogen-bond donors (Lipinski definition) is 2. The van der Waals surface area contributed by atoms with Crippen LogP contribution >= 0.6 is 23.1 Å². The highest BCUT2D eigenvalue weighted by molar-refractivity contribution is 7.99. The lowest BCUT2D eigenvalue weighted by molar-refractivity contribution is -0.115. The van der Waals surface area contributed by atoms with Gasteiger partial charge in [-0.05, 0) is 38.0 Å². The molecule has 1 aliphatic rings. The van der Waals surface area contributed by atoms with Crippen molar-refractivity contribution < 1.29 is 9.59 Å². The van der Waals surface area contributed by atoms with E-state index in [1.165, 1.54) is 11.3 Å². The molecule has 0 bridgehead atoms.